The minimum absolute atomic E-state index is 0.0412. The number of nitrogens with zero attached hydrogens (tertiary/aromatic N) is 1. The van der Waals surface area contributed by atoms with Crippen molar-refractivity contribution < 1.29 is 17.6 Å². The van der Waals surface area contributed by atoms with Crippen molar-refractivity contribution in [2.45, 2.75) is 49.8 Å². The summed E-state index contributed by atoms with van der Waals surface area (Å²) in [6.45, 7) is 0. The number of sulfone groups is 1. The van der Waals surface area contributed by atoms with Gasteiger partial charge in [0, 0.05) is 12.0 Å². The van der Waals surface area contributed by atoms with Gasteiger partial charge in [-0.15, -0.1) is 0 Å². The number of carbonyl (C=O) groups excluding carboxylic acids is 1. The molecule has 4 saturated carbocycles. The molecule has 0 saturated heterocycles. The molecule has 4 aliphatic carbocycles. The molecule has 0 atom stereocenters. The number of amides is 1. The fourth-order valence-electron chi connectivity index (χ4n) is 6.22. The van der Waals surface area contributed by atoms with Crippen molar-refractivity contribution in [1.82, 2.24) is 5.43 Å². The van der Waals surface area contributed by atoms with Crippen LogP contribution in [0, 0.1) is 29.0 Å². The summed E-state index contributed by atoms with van der Waals surface area (Å²) in [6, 6.07) is 3.63. The average molecular weight is 390 g/mol. The van der Waals surface area contributed by atoms with E-state index < -0.39 is 15.7 Å². The van der Waals surface area contributed by atoms with E-state index in [2.05, 4.69) is 10.5 Å². The highest BCUT2D eigenvalue weighted by Crippen LogP contribution is 2.60. The number of hydrogen-bond acceptors (Lipinski definition) is 4. The van der Waals surface area contributed by atoms with Crippen molar-refractivity contribution in [2.24, 2.45) is 28.3 Å². The van der Waals surface area contributed by atoms with Crippen LogP contribution >= 0.6 is 0 Å². The normalized spacial score (nSPS) is 37.2. The van der Waals surface area contributed by atoms with Crippen molar-refractivity contribution in [3.05, 3.63) is 29.6 Å². The molecular formula is C20H23FN2O3S. The minimum Gasteiger partial charge on any atom is -0.273 e. The molecule has 5 nitrogen and oxygen atoms in total. The first kappa shape index (κ1) is 17.3. The Labute approximate surface area is 158 Å². The van der Waals surface area contributed by atoms with Crippen LogP contribution in [0.5, 0.6) is 0 Å². The summed E-state index contributed by atoms with van der Waals surface area (Å²) in [4.78, 5) is 13.1. The highest BCUT2D eigenvalue weighted by Gasteiger charge is 2.54. The number of hydrazone groups is 1. The zero-order chi connectivity index (χ0) is 18.8. The molecule has 144 valence electrons. The first-order valence-electron chi connectivity index (χ1n) is 9.74. The van der Waals surface area contributed by atoms with E-state index in [0.717, 1.165) is 25.3 Å². The first-order chi connectivity index (χ1) is 12.8. The van der Waals surface area contributed by atoms with Crippen LogP contribution in [-0.2, 0) is 14.6 Å². The third kappa shape index (κ3) is 2.82. The maximum absolute atomic E-state index is 13.7. The smallest absolute Gasteiger partial charge is 0.246 e. The fraction of sp³-hybridized carbons (Fsp3) is 0.600. The number of nitrogens with one attached hydrogen (secondary N) is 1. The molecule has 4 bridgehead atoms. The van der Waals surface area contributed by atoms with Gasteiger partial charge in [0.2, 0.25) is 5.91 Å². The highest BCUT2D eigenvalue weighted by molar-refractivity contribution is 7.91. The van der Waals surface area contributed by atoms with E-state index in [1.165, 1.54) is 31.4 Å². The van der Waals surface area contributed by atoms with Gasteiger partial charge in [-0.3, -0.25) is 4.79 Å². The van der Waals surface area contributed by atoms with Crippen LogP contribution in [0.4, 0.5) is 4.39 Å². The summed E-state index contributed by atoms with van der Waals surface area (Å²) >= 11 is 0. The number of fused-ring (bicyclic) bond motifs is 1. The lowest BCUT2D eigenvalue weighted by atomic mass is 9.49. The zero-order valence-corrected chi connectivity index (χ0v) is 15.9. The quantitative estimate of drug-likeness (QED) is 0.623. The van der Waals surface area contributed by atoms with Gasteiger partial charge in [-0.25, -0.2) is 18.2 Å². The van der Waals surface area contributed by atoms with Gasteiger partial charge in [0.25, 0.3) is 0 Å². The molecule has 0 radical (unpaired) electrons. The van der Waals surface area contributed by atoms with E-state index in [1.54, 1.807) is 0 Å². The van der Waals surface area contributed by atoms with Gasteiger partial charge >= 0.3 is 0 Å². The Morgan fingerprint density at radius 1 is 1.11 bits per heavy atom. The number of hydrogen-bond donors (Lipinski definition) is 1. The third-order valence-electron chi connectivity index (χ3n) is 7.01. The van der Waals surface area contributed by atoms with Gasteiger partial charge in [-0.05, 0) is 74.5 Å². The van der Waals surface area contributed by atoms with Gasteiger partial charge in [0.15, 0.2) is 9.84 Å². The number of rotatable bonds is 2. The molecule has 1 heterocycles. The van der Waals surface area contributed by atoms with Crippen LogP contribution in [0.2, 0.25) is 0 Å². The van der Waals surface area contributed by atoms with Crippen LogP contribution in [0.25, 0.3) is 0 Å². The Morgan fingerprint density at radius 3 is 2.37 bits per heavy atom. The Bertz CT molecular complexity index is 919. The molecule has 6 rings (SSSR count). The molecule has 4 fully saturated rings. The second-order valence-electron chi connectivity index (χ2n) is 8.91. The molecule has 0 unspecified atom stereocenters. The van der Waals surface area contributed by atoms with Crippen molar-refractivity contribution in [2.75, 3.05) is 5.75 Å². The predicted molar refractivity (Wildman–Crippen MR) is 98.4 cm³/mol. The summed E-state index contributed by atoms with van der Waals surface area (Å²) in [5.41, 5.74) is 3.13. The van der Waals surface area contributed by atoms with E-state index in [-0.39, 0.29) is 34.0 Å². The molecule has 0 aromatic heterocycles. The molecule has 1 aromatic rings. The number of carbonyl (C=O) groups is 1. The van der Waals surface area contributed by atoms with Gasteiger partial charge in [0.1, 0.15) is 5.82 Å². The van der Waals surface area contributed by atoms with E-state index in [9.17, 15) is 17.6 Å². The maximum atomic E-state index is 13.7. The van der Waals surface area contributed by atoms with Crippen molar-refractivity contribution in [3.63, 3.8) is 0 Å². The van der Waals surface area contributed by atoms with Gasteiger partial charge in [-0.1, -0.05) is 0 Å². The highest BCUT2D eigenvalue weighted by atomic mass is 32.2. The first-order valence-corrected chi connectivity index (χ1v) is 11.4. The maximum Gasteiger partial charge on any atom is 0.246 e. The lowest BCUT2D eigenvalue weighted by molar-refractivity contribution is -0.146. The Balaban J connectivity index is 1.42. The third-order valence-corrected chi connectivity index (χ3v) is 8.78. The summed E-state index contributed by atoms with van der Waals surface area (Å²) in [5, 5.41) is 4.27. The number of halogens is 1. The molecule has 1 aromatic carbocycles. The van der Waals surface area contributed by atoms with Crippen LogP contribution in [0.1, 0.15) is 50.5 Å². The minimum atomic E-state index is -3.43. The molecule has 1 aliphatic heterocycles. The van der Waals surface area contributed by atoms with Crippen LogP contribution in [0.15, 0.2) is 28.2 Å². The van der Waals surface area contributed by atoms with Crippen molar-refractivity contribution in [1.29, 1.82) is 0 Å². The Kier molecular flexibility index (Phi) is 3.77. The van der Waals surface area contributed by atoms with Crippen LogP contribution in [0.3, 0.4) is 0 Å². The lowest BCUT2D eigenvalue weighted by Gasteiger charge is -2.55. The largest absolute Gasteiger partial charge is 0.273 e. The lowest BCUT2D eigenvalue weighted by Crippen LogP contribution is -2.53. The van der Waals surface area contributed by atoms with Crippen LogP contribution < -0.4 is 5.43 Å². The number of benzene rings is 1. The predicted octanol–water partition coefficient (Wildman–Crippen LogP) is 3.04. The molecule has 1 amide bonds. The summed E-state index contributed by atoms with van der Waals surface area (Å²) in [6.07, 6.45) is 6.77. The van der Waals surface area contributed by atoms with E-state index >= 15 is 0 Å². The monoisotopic (exact) mass is 390 g/mol. The molecule has 5 aliphatic rings. The Hall–Kier alpha value is -1.76. The van der Waals surface area contributed by atoms with Crippen molar-refractivity contribution in [3.8, 4) is 0 Å². The Morgan fingerprint density at radius 2 is 1.74 bits per heavy atom. The van der Waals surface area contributed by atoms with E-state index in [1.807, 2.05) is 0 Å². The summed E-state index contributed by atoms with van der Waals surface area (Å²) in [5.74, 6) is 1.35. The van der Waals surface area contributed by atoms with Gasteiger partial charge in [0.05, 0.1) is 21.8 Å². The van der Waals surface area contributed by atoms with Gasteiger partial charge in [-0.2, -0.15) is 5.10 Å². The summed E-state index contributed by atoms with van der Waals surface area (Å²) in [7, 11) is -3.43. The second kappa shape index (κ2) is 5.87. The molecule has 7 heteroatoms. The van der Waals surface area contributed by atoms with E-state index in [4.69, 9.17) is 0 Å². The van der Waals surface area contributed by atoms with Crippen molar-refractivity contribution >= 4 is 21.5 Å². The average Bonchev–Trinajstić information content (AvgIpc) is 2.59. The zero-order valence-electron chi connectivity index (χ0n) is 15.1. The fourth-order valence-corrected chi connectivity index (χ4v) is 7.69. The van der Waals surface area contributed by atoms with Crippen LogP contribution in [-0.4, -0.2) is 25.8 Å². The topological polar surface area (TPSA) is 75.6 Å². The molecule has 1 N–H and O–H groups in total. The second-order valence-corrected chi connectivity index (χ2v) is 11.0. The summed E-state index contributed by atoms with van der Waals surface area (Å²) < 4.78 is 38.2. The van der Waals surface area contributed by atoms with Gasteiger partial charge < -0.3 is 0 Å². The molecule has 0 spiro atoms. The molecule has 27 heavy (non-hydrogen) atoms. The standard InChI is InChI=1S/C20H23FN2O3S/c21-15-1-2-18-16(8-15)17(3-4-27(18,25)26)22-23-19(24)20-9-12-5-13(10-20)7-14(6-12)11-20/h1-2,8,12-14H,3-7,9-11H2,(H,23,24)/b22-17-. The van der Waals surface area contributed by atoms with E-state index in [0.29, 0.717) is 23.5 Å². The molecular weight excluding hydrogens is 367 g/mol. The SMILES string of the molecule is O=C(N/N=C1/CCS(=O)(=O)c2ccc(F)cc21)C12CC3CC(CC(C3)C1)C2.